The fourth-order valence-corrected chi connectivity index (χ4v) is 6.61. The van der Waals surface area contributed by atoms with Gasteiger partial charge in [0, 0.05) is 12.1 Å². The molecular weight excluding hydrogens is 441 g/mol. The van der Waals surface area contributed by atoms with E-state index in [1.165, 1.54) is 22.7 Å². The zero-order chi connectivity index (χ0) is 21.4. The summed E-state index contributed by atoms with van der Waals surface area (Å²) in [5.41, 5.74) is -0.0518. The van der Waals surface area contributed by atoms with Gasteiger partial charge in [-0.05, 0) is 37.1 Å². The van der Waals surface area contributed by atoms with Gasteiger partial charge in [-0.1, -0.05) is 24.4 Å². The SMILES string of the molecule is O=S(=O)(c1ccc(-c2cc(C(F)(F)F)on2)s1)N(Cc1ccco1)C1CCCCC1. The van der Waals surface area contributed by atoms with Crippen LogP contribution in [0.15, 0.2) is 49.7 Å². The van der Waals surface area contributed by atoms with Crippen molar-refractivity contribution in [3.8, 4) is 10.6 Å². The highest BCUT2D eigenvalue weighted by Gasteiger charge is 2.37. The molecule has 4 rings (SSSR count). The van der Waals surface area contributed by atoms with Crippen molar-refractivity contribution in [3.63, 3.8) is 0 Å². The third kappa shape index (κ3) is 4.33. The Morgan fingerprint density at radius 3 is 2.57 bits per heavy atom. The minimum Gasteiger partial charge on any atom is -0.468 e. The topological polar surface area (TPSA) is 76.6 Å². The van der Waals surface area contributed by atoms with Gasteiger partial charge < -0.3 is 8.94 Å². The van der Waals surface area contributed by atoms with E-state index in [9.17, 15) is 21.6 Å². The highest BCUT2D eigenvalue weighted by atomic mass is 32.2. The number of hydrogen-bond donors (Lipinski definition) is 0. The molecule has 0 unspecified atom stereocenters. The van der Waals surface area contributed by atoms with Crippen molar-refractivity contribution in [3.05, 3.63) is 48.1 Å². The molecule has 0 atom stereocenters. The summed E-state index contributed by atoms with van der Waals surface area (Å²) < 4.78 is 76.4. The van der Waals surface area contributed by atoms with Crippen LogP contribution in [0.4, 0.5) is 13.2 Å². The van der Waals surface area contributed by atoms with Crippen LogP contribution in [0.5, 0.6) is 0 Å². The summed E-state index contributed by atoms with van der Waals surface area (Å²) in [6.07, 6.45) is 1.33. The number of halogens is 3. The molecule has 162 valence electrons. The maximum Gasteiger partial charge on any atom is 0.452 e. The van der Waals surface area contributed by atoms with Crippen molar-refractivity contribution in [1.29, 1.82) is 0 Å². The second-order valence-electron chi connectivity index (χ2n) is 7.11. The van der Waals surface area contributed by atoms with Gasteiger partial charge in [-0.3, -0.25) is 0 Å². The van der Waals surface area contributed by atoms with Gasteiger partial charge in [0.15, 0.2) is 0 Å². The third-order valence-corrected chi connectivity index (χ3v) is 8.53. The third-order valence-electron chi connectivity index (χ3n) is 5.06. The lowest BCUT2D eigenvalue weighted by Crippen LogP contribution is -2.40. The van der Waals surface area contributed by atoms with Gasteiger partial charge in [0.25, 0.3) is 10.0 Å². The highest BCUT2D eigenvalue weighted by Crippen LogP contribution is 2.37. The Morgan fingerprint density at radius 2 is 1.93 bits per heavy atom. The van der Waals surface area contributed by atoms with Crippen LogP contribution >= 0.6 is 11.3 Å². The standard InChI is InChI=1S/C19H19F3N2O4S2/c20-19(21,22)17-11-15(23-28-17)16-8-9-18(29-16)30(25,26)24(12-14-7-4-10-27-14)13-5-2-1-3-6-13/h4,7-11,13H,1-3,5-6,12H2. The molecule has 1 fully saturated rings. The minimum absolute atomic E-state index is 0.0474. The Bertz CT molecular complexity index is 1080. The molecule has 0 amide bonds. The number of sulfonamides is 1. The fraction of sp³-hybridized carbons (Fsp3) is 0.421. The van der Waals surface area contributed by atoms with Gasteiger partial charge in [0.2, 0.25) is 5.76 Å². The zero-order valence-corrected chi connectivity index (χ0v) is 17.4. The van der Waals surface area contributed by atoms with E-state index in [1.807, 2.05) is 0 Å². The number of thiophene rings is 1. The van der Waals surface area contributed by atoms with Gasteiger partial charge in [-0.25, -0.2) is 8.42 Å². The van der Waals surface area contributed by atoms with Crippen LogP contribution < -0.4 is 0 Å². The quantitative estimate of drug-likeness (QED) is 0.483. The molecule has 0 N–H and O–H groups in total. The summed E-state index contributed by atoms with van der Waals surface area (Å²) >= 11 is 0.872. The Kier molecular flexibility index (Phi) is 5.78. The Labute approximate surface area is 175 Å². The summed E-state index contributed by atoms with van der Waals surface area (Å²) in [4.78, 5) is 0.286. The first kappa shape index (κ1) is 21.1. The lowest BCUT2D eigenvalue weighted by molar-refractivity contribution is -0.155. The second-order valence-corrected chi connectivity index (χ2v) is 10.3. The molecule has 0 radical (unpaired) electrons. The molecule has 3 heterocycles. The molecular formula is C19H19F3N2O4S2. The van der Waals surface area contributed by atoms with Crippen LogP contribution in [0.1, 0.15) is 43.6 Å². The van der Waals surface area contributed by atoms with Crippen LogP contribution in [0.25, 0.3) is 10.6 Å². The molecule has 0 aliphatic heterocycles. The van der Waals surface area contributed by atoms with Crippen molar-refractivity contribution in [2.75, 3.05) is 0 Å². The monoisotopic (exact) mass is 460 g/mol. The van der Waals surface area contributed by atoms with E-state index in [1.54, 1.807) is 12.1 Å². The molecule has 0 spiro atoms. The van der Waals surface area contributed by atoms with Crippen molar-refractivity contribution in [2.24, 2.45) is 0 Å². The number of aromatic nitrogens is 1. The maximum absolute atomic E-state index is 13.4. The molecule has 0 bridgehead atoms. The van der Waals surface area contributed by atoms with Crippen LogP contribution in [0, 0.1) is 0 Å². The first-order valence-corrected chi connectivity index (χ1v) is 11.7. The summed E-state index contributed by atoms with van der Waals surface area (Å²) in [6.45, 7) is 0.107. The molecule has 0 saturated heterocycles. The molecule has 3 aromatic rings. The average molecular weight is 460 g/mol. The smallest absolute Gasteiger partial charge is 0.452 e. The summed E-state index contributed by atoms with van der Waals surface area (Å²) in [5, 5.41) is 3.44. The first-order chi connectivity index (χ1) is 14.2. The van der Waals surface area contributed by atoms with Gasteiger partial charge >= 0.3 is 6.18 Å². The van der Waals surface area contributed by atoms with E-state index >= 15 is 0 Å². The predicted octanol–water partition coefficient (Wildman–Crippen LogP) is 5.54. The van der Waals surface area contributed by atoms with Gasteiger partial charge in [-0.2, -0.15) is 17.5 Å². The van der Waals surface area contributed by atoms with Crippen molar-refractivity contribution >= 4 is 21.4 Å². The molecule has 0 aromatic carbocycles. The van der Waals surface area contributed by atoms with E-state index < -0.39 is 22.0 Å². The van der Waals surface area contributed by atoms with E-state index in [0.29, 0.717) is 5.76 Å². The van der Waals surface area contributed by atoms with Crippen molar-refractivity contribution < 1.29 is 30.5 Å². The maximum atomic E-state index is 13.4. The summed E-state index contributed by atoms with van der Waals surface area (Å²) in [7, 11) is -3.87. The van der Waals surface area contributed by atoms with E-state index in [-0.39, 0.29) is 27.4 Å². The highest BCUT2D eigenvalue weighted by molar-refractivity contribution is 7.91. The van der Waals surface area contributed by atoms with Gasteiger partial charge in [0.05, 0.1) is 17.7 Å². The van der Waals surface area contributed by atoms with Gasteiger partial charge in [-0.15, -0.1) is 11.3 Å². The minimum atomic E-state index is -4.65. The normalized spacial score (nSPS) is 16.4. The molecule has 1 aliphatic carbocycles. The molecule has 6 nitrogen and oxygen atoms in total. The average Bonchev–Trinajstić information content (AvgIpc) is 3.47. The van der Waals surface area contributed by atoms with E-state index in [2.05, 4.69) is 9.68 Å². The van der Waals surface area contributed by atoms with Crippen LogP contribution in [0.2, 0.25) is 0 Å². The first-order valence-electron chi connectivity index (χ1n) is 9.43. The second kappa shape index (κ2) is 8.20. The number of nitrogens with zero attached hydrogens (tertiary/aromatic N) is 2. The number of rotatable bonds is 6. The summed E-state index contributed by atoms with van der Waals surface area (Å²) in [5.74, 6) is -0.691. The number of furan rings is 1. The lowest BCUT2D eigenvalue weighted by Gasteiger charge is -2.32. The van der Waals surface area contributed by atoms with Crippen LogP contribution in [-0.4, -0.2) is 23.9 Å². The lowest BCUT2D eigenvalue weighted by atomic mass is 9.95. The predicted molar refractivity (Wildman–Crippen MR) is 103 cm³/mol. The summed E-state index contributed by atoms with van der Waals surface area (Å²) in [6, 6.07) is 6.89. The Balaban J connectivity index is 1.64. The van der Waals surface area contributed by atoms with Crippen LogP contribution in [0.3, 0.4) is 0 Å². The fourth-order valence-electron chi connectivity index (χ4n) is 3.57. The molecule has 3 aromatic heterocycles. The van der Waals surface area contributed by atoms with Crippen LogP contribution in [-0.2, 0) is 22.7 Å². The Hall–Kier alpha value is -2.11. The largest absolute Gasteiger partial charge is 0.468 e. The zero-order valence-electron chi connectivity index (χ0n) is 15.8. The number of hydrogen-bond acceptors (Lipinski definition) is 6. The van der Waals surface area contributed by atoms with Crippen molar-refractivity contribution in [1.82, 2.24) is 9.46 Å². The molecule has 11 heteroatoms. The van der Waals surface area contributed by atoms with E-state index in [4.69, 9.17) is 4.42 Å². The van der Waals surface area contributed by atoms with Crippen molar-refractivity contribution in [2.45, 2.75) is 55.1 Å². The number of alkyl halides is 3. The molecule has 30 heavy (non-hydrogen) atoms. The molecule has 1 aliphatic rings. The van der Waals surface area contributed by atoms with E-state index in [0.717, 1.165) is 49.5 Å². The Morgan fingerprint density at radius 1 is 1.17 bits per heavy atom. The van der Waals surface area contributed by atoms with Gasteiger partial charge in [0.1, 0.15) is 15.7 Å². The molecule has 1 saturated carbocycles.